The number of thioether (sulfide) groups is 1. The molecule has 5 rings (SSSR count). The van der Waals surface area contributed by atoms with Crippen molar-refractivity contribution in [2.24, 2.45) is 0 Å². The molecule has 3 aromatic heterocycles. The van der Waals surface area contributed by atoms with Gasteiger partial charge in [-0.05, 0) is 55.9 Å². The molecule has 0 unspecified atom stereocenters. The number of hydrogen-bond acceptors (Lipinski definition) is 8. The van der Waals surface area contributed by atoms with Crippen LogP contribution in [0.1, 0.15) is 39.7 Å². The van der Waals surface area contributed by atoms with Gasteiger partial charge < -0.3 is 14.1 Å². The summed E-state index contributed by atoms with van der Waals surface area (Å²) in [7, 11) is 0. The zero-order valence-corrected chi connectivity index (χ0v) is 18.3. The van der Waals surface area contributed by atoms with Gasteiger partial charge in [0.2, 0.25) is 0 Å². The van der Waals surface area contributed by atoms with Gasteiger partial charge in [0.1, 0.15) is 16.4 Å². The molecule has 0 fully saturated rings. The number of rotatable bonds is 6. The fourth-order valence-electron chi connectivity index (χ4n) is 3.60. The summed E-state index contributed by atoms with van der Waals surface area (Å²) in [6, 6.07) is 6.05. The minimum absolute atomic E-state index is 0.0526. The number of aromatic nitrogens is 4. The molecule has 0 radical (unpaired) electrons. The van der Waals surface area contributed by atoms with E-state index in [0.717, 1.165) is 46.4 Å². The summed E-state index contributed by atoms with van der Waals surface area (Å²) in [4.78, 5) is 22.2. The van der Waals surface area contributed by atoms with Gasteiger partial charge in [-0.2, -0.15) is 0 Å². The highest BCUT2D eigenvalue weighted by molar-refractivity contribution is 7.98. The van der Waals surface area contributed by atoms with Gasteiger partial charge in [0, 0.05) is 4.88 Å². The van der Waals surface area contributed by atoms with E-state index >= 15 is 0 Å². The average Bonchev–Trinajstić information content (AvgIpc) is 3.42. The van der Waals surface area contributed by atoms with Gasteiger partial charge in [-0.1, -0.05) is 23.9 Å². The van der Waals surface area contributed by atoms with E-state index in [9.17, 15) is 4.79 Å². The van der Waals surface area contributed by atoms with Crippen molar-refractivity contribution in [2.75, 3.05) is 0 Å². The van der Waals surface area contributed by atoms with Crippen LogP contribution < -0.4 is 10.3 Å². The van der Waals surface area contributed by atoms with E-state index in [1.165, 1.54) is 22.2 Å². The number of benzene rings is 1. The molecular weight excluding hydrogens is 420 g/mol. The quantitative estimate of drug-likeness (QED) is 0.446. The van der Waals surface area contributed by atoms with Gasteiger partial charge in [0.15, 0.2) is 6.61 Å². The molecule has 30 heavy (non-hydrogen) atoms. The fraction of sp³-hybridized carbons (Fsp3) is 0.333. The molecule has 0 atom stereocenters. The molecule has 0 aliphatic heterocycles. The molecule has 0 amide bonds. The Morgan fingerprint density at radius 3 is 3.07 bits per heavy atom. The minimum atomic E-state index is -0.0526. The number of H-pyrrole nitrogens is 1. The van der Waals surface area contributed by atoms with E-state index in [2.05, 4.69) is 20.2 Å². The second kappa shape index (κ2) is 7.88. The molecule has 1 aromatic carbocycles. The standard InChI is InChI=1S/C21H20N4O3S2/c1-11-6-7-12(2)14(8-11)27-9-17-24-25-21(28-17)29-10-16-22-19(26)18-13-4-3-5-15(13)30-20(18)23-16/h6-8H,3-5,9-10H2,1-2H3,(H,22,23,26). The lowest BCUT2D eigenvalue weighted by Gasteiger charge is -2.07. The predicted molar refractivity (Wildman–Crippen MR) is 116 cm³/mol. The molecular formula is C21H20N4O3S2. The lowest BCUT2D eigenvalue weighted by Crippen LogP contribution is -2.11. The summed E-state index contributed by atoms with van der Waals surface area (Å²) < 4.78 is 11.5. The highest BCUT2D eigenvalue weighted by Gasteiger charge is 2.21. The first-order chi connectivity index (χ1) is 14.6. The van der Waals surface area contributed by atoms with Crippen LogP contribution in [0.3, 0.4) is 0 Å². The summed E-state index contributed by atoms with van der Waals surface area (Å²) in [6.07, 6.45) is 3.15. The Morgan fingerprint density at radius 1 is 1.27 bits per heavy atom. The summed E-state index contributed by atoms with van der Waals surface area (Å²) in [5.41, 5.74) is 3.32. The highest BCUT2D eigenvalue weighted by atomic mass is 32.2. The maximum Gasteiger partial charge on any atom is 0.277 e. The van der Waals surface area contributed by atoms with Gasteiger partial charge in [-0.15, -0.1) is 21.5 Å². The molecule has 0 spiro atoms. The first-order valence-electron chi connectivity index (χ1n) is 9.75. The lowest BCUT2D eigenvalue weighted by atomic mass is 10.1. The number of hydrogen-bond donors (Lipinski definition) is 1. The minimum Gasteiger partial charge on any atom is -0.484 e. The molecule has 0 saturated carbocycles. The number of fused-ring (bicyclic) bond motifs is 3. The van der Waals surface area contributed by atoms with Crippen molar-refractivity contribution in [3.8, 4) is 5.75 Å². The van der Waals surface area contributed by atoms with Crippen molar-refractivity contribution in [3.63, 3.8) is 0 Å². The van der Waals surface area contributed by atoms with Crippen LogP contribution in [0.4, 0.5) is 0 Å². The predicted octanol–water partition coefficient (Wildman–Crippen LogP) is 4.34. The Hall–Kier alpha value is -2.65. The van der Waals surface area contributed by atoms with Crippen molar-refractivity contribution in [1.82, 2.24) is 20.2 Å². The highest BCUT2D eigenvalue weighted by Crippen LogP contribution is 2.34. The molecule has 1 aliphatic rings. The van der Waals surface area contributed by atoms with E-state index in [1.54, 1.807) is 11.3 Å². The third kappa shape index (κ3) is 3.75. The largest absolute Gasteiger partial charge is 0.484 e. The molecule has 154 valence electrons. The number of nitrogens with one attached hydrogen (secondary N) is 1. The Balaban J connectivity index is 1.25. The van der Waals surface area contributed by atoms with E-state index in [1.807, 2.05) is 32.0 Å². The van der Waals surface area contributed by atoms with Crippen molar-refractivity contribution >= 4 is 33.3 Å². The van der Waals surface area contributed by atoms with Crippen LogP contribution in [0.2, 0.25) is 0 Å². The maximum absolute atomic E-state index is 12.5. The van der Waals surface area contributed by atoms with Gasteiger partial charge in [0.25, 0.3) is 16.7 Å². The normalized spacial score (nSPS) is 13.1. The second-order valence-corrected chi connectivity index (χ2v) is 9.37. The number of nitrogens with zero attached hydrogens (tertiary/aromatic N) is 3. The smallest absolute Gasteiger partial charge is 0.277 e. The molecule has 1 aliphatic carbocycles. The van der Waals surface area contributed by atoms with E-state index in [-0.39, 0.29) is 12.2 Å². The number of thiophene rings is 1. The number of ether oxygens (including phenoxy) is 1. The van der Waals surface area contributed by atoms with Crippen LogP contribution >= 0.6 is 23.1 Å². The summed E-state index contributed by atoms with van der Waals surface area (Å²) in [6.45, 7) is 4.23. The molecule has 3 heterocycles. The van der Waals surface area contributed by atoms with Crippen LogP contribution in [0, 0.1) is 13.8 Å². The summed E-state index contributed by atoms with van der Waals surface area (Å²) in [5, 5.41) is 9.29. The molecule has 1 N–H and O–H groups in total. The zero-order valence-electron chi connectivity index (χ0n) is 16.7. The Labute approximate surface area is 180 Å². The van der Waals surface area contributed by atoms with Gasteiger partial charge >= 0.3 is 0 Å². The SMILES string of the molecule is Cc1ccc(C)c(OCc2nnc(SCc3nc4sc5c(c4c(=O)[nH]3)CCC5)o2)c1. The summed E-state index contributed by atoms with van der Waals surface area (Å²) in [5.74, 6) is 2.28. The molecule has 4 aromatic rings. The van der Waals surface area contributed by atoms with E-state index < -0.39 is 0 Å². The Bertz CT molecular complexity index is 1290. The van der Waals surface area contributed by atoms with Crippen LogP contribution in [-0.2, 0) is 25.2 Å². The molecule has 0 bridgehead atoms. The van der Waals surface area contributed by atoms with Crippen molar-refractivity contribution in [2.45, 2.75) is 50.7 Å². The topological polar surface area (TPSA) is 93.9 Å². The van der Waals surface area contributed by atoms with Crippen LogP contribution in [-0.4, -0.2) is 20.2 Å². The second-order valence-electron chi connectivity index (χ2n) is 7.36. The first kappa shape index (κ1) is 19.3. The lowest BCUT2D eigenvalue weighted by molar-refractivity contribution is 0.250. The van der Waals surface area contributed by atoms with E-state index in [4.69, 9.17) is 9.15 Å². The molecule has 7 nitrogen and oxygen atoms in total. The van der Waals surface area contributed by atoms with Crippen LogP contribution in [0.15, 0.2) is 32.6 Å². The van der Waals surface area contributed by atoms with E-state index in [0.29, 0.717) is 22.7 Å². The van der Waals surface area contributed by atoms with Crippen molar-refractivity contribution in [1.29, 1.82) is 0 Å². The third-order valence-corrected chi connectivity index (χ3v) is 7.11. The molecule has 9 heteroatoms. The number of aromatic amines is 1. The van der Waals surface area contributed by atoms with Gasteiger partial charge in [-0.25, -0.2) is 4.98 Å². The van der Waals surface area contributed by atoms with Crippen molar-refractivity contribution < 1.29 is 9.15 Å². The Kier molecular flexibility index (Phi) is 5.08. The van der Waals surface area contributed by atoms with Gasteiger partial charge in [0.05, 0.1) is 11.1 Å². The zero-order chi connectivity index (χ0) is 20.7. The summed E-state index contributed by atoms with van der Waals surface area (Å²) >= 11 is 2.98. The fourth-order valence-corrected chi connectivity index (χ4v) is 5.53. The van der Waals surface area contributed by atoms with Gasteiger partial charge in [-0.3, -0.25) is 4.79 Å². The number of aryl methyl sites for hydroxylation is 4. The monoisotopic (exact) mass is 440 g/mol. The van der Waals surface area contributed by atoms with Crippen LogP contribution in [0.25, 0.3) is 10.2 Å². The average molecular weight is 441 g/mol. The van der Waals surface area contributed by atoms with Crippen LogP contribution in [0.5, 0.6) is 5.75 Å². The third-order valence-electron chi connectivity index (χ3n) is 5.10. The first-order valence-corrected chi connectivity index (χ1v) is 11.6. The maximum atomic E-state index is 12.5. The van der Waals surface area contributed by atoms with Crippen molar-refractivity contribution in [3.05, 3.63) is 61.8 Å². The molecule has 0 saturated heterocycles. The Morgan fingerprint density at radius 2 is 2.17 bits per heavy atom.